The fraction of sp³-hybridized carbons (Fsp3) is 0.308. The topological polar surface area (TPSA) is 29.5 Å². The zero-order valence-electron chi connectivity index (χ0n) is 9.74. The molecule has 2 aliphatic heterocycles. The third-order valence-electron chi connectivity index (χ3n) is 3.41. The molecule has 3 rings (SSSR count). The summed E-state index contributed by atoms with van der Waals surface area (Å²) in [6.45, 7) is 2.32. The van der Waals surface area contributed by atoms with Crippen LogP contribution in [-0.4, -0.2) is 29.7 Å². The summed E-state index contributed by atoms with van der Waals surface area (Å²) in [5, 5.41) is 0. The van der Waals surface area contributed by atoms with E-state index in [0.717, 1.165) is 18.2 Å². The van der Waals surface area contributed by atoms with E-state index < -0.39 is 23.3 Å². The number of halogens is 2. The first-order valence-corrected chi connectivity index (χ1v) is 5.61. The van der Waals surface area contributed by atoms with Gasteiger partial charge in [-0.15, -0.1) is 0 Å². The number of carbonyl (C=O) groups is 1. The van der Waals surface area contributed by atoms with Gasteiger partial charge in [-0.05, 0) is 36.8 Å². The molecule has 1 unspecified atom stereocenters. The maximum absolute atomic E-state index is 13.7. The van der Waals surface area contributed by atoms with E-state index in [2.05, 4.69) is 0 Å². The van der Waals surface area contributed by atoms with Crippen LogP contribution in [0.3, 0.4) is 0 Å². The number of carbonyl (C=O) groups excluding carboxylic acids is 1. The van der Waals surface area contributed by atoms with Gasteiger partial charge in [0.25, 0.3) is 0 Å². The van der Waals surface area contributed by atoms with Crippen molar-refractivity contribution in [2.75, 3.05) is 13.2 Å². The number of nitrogens with zero attached hydrogens (tertiary/aromatic N) is 1. The molecule has 5 heteroatoms. The molecule has 1 aromatic carbocycles. The highest BCUT2D eigenvalue weighted by Crippen LogP contribution is 2.37. The van der Waals surface area contributed by atoms with Gasteiger partial charge in [-0.1, -0.05) is 0 Å². The van der Waals surface area contributed by atoms with Gasteiger partial charge in [-0.2, -0.15) is 0 Å². The Morgan fingerprint density at radius 2 is 2.17 bits per heavy atom. The Bertz CT molecular complexity index is 570. The normalized spacial score (nSPS) is 26.1. The maximum atomic E-state index is 13.7. The number of amides is 1. The van der Waals surface area contributed by atoms with Crippen molar-refractivity contribution in [1.29, 1.82) is 0 Å². The number of rotatable bonds is 1. The van der Waals surface area contributed by atoms with Crippen molar-refractivity contribution in [2.45, 2.75) is 12.5 Å². The monoisotopic (exact) mass is 251 g/mol. The molecule has 18 heavy (non-hydrogen) atoms. The van der Waals surface area contributed by atoms with Gasteiger partial charge in [0.1, 0.15) is 18.2 Å². The molecule has 0 aliphatic carbocycles. The molecule has 2 aliphatic rings. The molecule has 94 valence electrons. The number of benzene rings is 1. The molecule has 0 N–H and O–H groups in total. The molecule has 1 atom stereocenters. The summed E-state index contributed by atoms with van der Waals surface area (Å²) in [4.78, 5) is 13.0. The van der Waals surface area contributed by atoms with Gasteiger partial charge < -0.3 is 4.74 Å². The highest BCUT2D eigenvalue weighted by molar-refractivity contribution is 5.81. The molecule has 1 aromatic rings. The van der Waals surface area contributed by atoms with Crippen molar-refractivity contribution in [3.63, 3.8) is 0 Å². The van der Waals surface area contributed by atoms with E-state index in [9.17, 15) is 13.6 Å². The van der Waals surface area contributed by atoms with Crippen LogP contribution in [0.4, 0.5) is 13.6 Å². The van der Waals surface area contributed by atoms with Crippen LogP contribution in [-0.2, 0) is 4.74 Å². The van der Waals surface area contributed by atoms with Crippen LogP contribution in [0.2, 0.25) is 0 Å². The van der Waals surface area contributed by atoms with Crippen molar-refractivity contribution >= 4 is 11.7 Å². The van der Waals surface area contributed by atoms with Crippen LogP contribution in [0.25, 0.3) is 5.57 Å². The molecule has 1 saturated heterocycles. The second-order valence-electron chi connectivity index (χ2n) is 4.79. The highest BCUT2D eigenvalue weighted by atomic mass is 19.1. The van der Waals surface area contributed by atoms with E-state index in [1.165, 1.54) is 4.90 Å². The first-order valence-electron chi connectivity index (χ1n) is 5.61. The second-order valence-corrected chi connectivity index (χ2v) is 4.79. The first-order chi connectivity index (χ1) is 8.49. The molecule has 0 spiro atoms. The lowest BCUT2D eigenvalue weighted by Gasteiger charge is -2.21. The largest absolute Gasteiger partial charge is 0.447 e. The van der Waals surface area contributed by atoms with Gasteiger partial charge in [-0.3, -0.25) is 4.90 Å². The van der Waals surface area contributed by atoms with E-state index in [-0.39, 0.29) is 18.7 Å². The molecule has 1 fully saturated rings. The Labute approximate surface area is 103 Å². The first kappa shape index (κ1) is 11.2. The van der Waals surface area contributed by atoms with Crippen molar-refractivity contribution in [1.82, 2.24) is 4.90 Å². The fourth-order valence-corrected chi connectivity index (χ4v) is 2.43. The number of hydrogen-bond acceptors (Lipinski definition) is 2. The molecular weight excluding hydrogens is 240 g/mol. The Hall–Kier alpha value is -1.91. The summed E-state index contributed by atoms with van der Waals surface area (Å²) in [6, 6.07) is 3.32. The van der Waals surface area contributed by atoms with Crippen molar-refractivity contribution in [3.8, 4) is 0 Å². The number of fused-ring (bicyclic) bond motifs is 1. The summed E-state index contributed by atoms with van der Waals surface area (Å²) >= 11 is 0. The summed E-state index contributed by atoms with van der Waals surface area (Å²) in [5.41, 5.74) is 0.273. The van der Waals surface area contributed by atoms with Gasteiger partial charge in [0, 0.05) is 5.56 Å². The SMILES string of the molecule is CC12C=C(c3cc(F)ccc3F)CN1C(=O)OC2. The number of cyclic esters (lactones) is 1. The number of hydrogen-bond donors (Lipinski definition) is 0. The molecule has 2 heterocycles. The highest BCUT2D eigenvalue weighted by Gasteiger charge is 2.46. The number of ether oxygens (including phenoxy) is 1. The average molecular weight is 251 g/mol. The van der Waals surface area contributed by atoms with E-state index >= 15 is 0 Å². The van der Waals surface area contributed by atoms with Gasteiger partial charge in [-0.25, -0.2) is 13.6 Å². The van der Waals surface area contributed by atoms with Gasteiger partial charge in [0.15, 0.2) is 0 Å². The smallest absolute Gasteiger partial charge is 0.410 e. The quantitative estimate of drug-likeness (QED) is 0.767. The minimum Gasteiger partial charge on any atom is -0.447 e. The Morgan fingerprint density at radius 3 is 2.89 bits per heavy atom. The van der Waals surface area contributed by atoms with E-state index in [0.29, 0.717) is 5.57 Å². The van der Waals surface area contributed by atoms with Crippen LogP contribution in [0, 0.1) is 11.6 Å². The zero-order valence-corrected chi connectivity index (χ0v) is 9.74. The van der Waals surface area contributed by atoms with E-state index in [4.69, 9.17) is 4.74 Å². The minimum absolute atomic E-state index is 0.207. The molecular formula is C13H11F2NO2. The summed E-state index contributed by atoms with van der Waals surface area (Å²) in [7, 11) is 0. The zero-order chi connectivity index (χ0) is 12.9. The molecule has 0 saturated carbocycles. The van der Waals surface area contributed by atoms with Gasteiger partial charge >= 0.3 is 6.09 Å². The lowest BCUT2D eigenvalue weighted by molar-refractivity contribution is 0.161. The Kier molecular flexibility index (Phi) is 2.20. The van der Waals surface area contributed by atoms with Crippen LogP contribution in [0.1, 0.15) is 12.5 Å². The fourth-order valence-electron chi connectivity index (χ4n) is 2.43. The van der Waals surface area contributed by atoms with E-state index in [1.807, 2.05) is 6.92 Å². The summed E-state index contributed by atoms with van der Waals surface area (Å²) in [5.74, 6) is -0.979. The average Bonchev–Trinajstić information content (AvgIpc) is 2.79. The second kappa shape index (κ2) is 3.54. The molecule has 0 aromatic heterocycles. The van der Waals surface area contributed by atoms with Crippen LogP contribution >= 0.6 is 0 Å². The Balaban J connectivity index is 2.03. The van der Waals surface area contributed by atoms with Crippen molar-refractivity contribution in [3.05, 3.63) is 41.5 Å². The third kappa shape index (κ3) is 1.50. The molecule has 1 amide bonds. The van der Waals surface area contributed by atoms with E-state index in [1.54, 1.807) is 6.08 Å². The van der Waals surface area contributed by atoms with Crippen LogP contribution in [0.15, 0.2) is 24.3 Å². The third-order valence-corrected chi connectivity index (χ3v) is 3.41. The lowest BCUT2D eigenvalue weighted by Crippen LogP contribution is -2.38. The lowest BCUT2D eigenvalue weighted by atomic mass is 10.0. The predicted molar refractivity (Wildman–Crippen MR) is 60.8 cm³/mol. The molecule has 0 radical (unpaired) electrons. The molecule has 0 bridgehead atoms. The Morgan fingerprint density at radius 1 is 1.39 bits per heavy atom. The minimum atomic E-state index is -0.550. The summed E-state index contributed by atoms with van der Waals surface area (Å²) in [6.07, 6.45) is 1.36. The maximum Gasteiger partial charge on any atom is 0.410 e. The summed E-state index contributed by atoms with van der Waals surface area (Å²) < 4.78 is 31.8. The predicted octanol–water partition coefficient (Wildman–Crippen LogP) is 2.57. The van der Waals surface area contributed by atoms with Crippen LogP contribution < -0.4 is 0 Å². The standard InChI is InChI=1S/C13H11F2NO2/c1-13-5-8(6-16(13)12(17)18-7-13)10-4-9(14)2-3-11(10)15/h2-5H,6-7H2,1H3. The van der Waals surface area contributed by atoms with Crippen molar-refractivity contribution in [2.24, 2.45) is 0 Å². The van der Waals surface area contributed by atoms with Crippen molar-refractivity contribution < 1.29 is 18.3 Å². The van der Waals surface area contributed by atoms with Gasteiger partial charge in [0.05, 0.1) is 12.1 Å². The molecule has 3 nitrogen and oxygen atoms in total. The van der Waals surface area contributed by atoms with Gasteiger partial charge in [0.2, 0.25) is 0 Å². The van der Waals surface area contributed by atoms with Crippen LogP contribution in [0.5, 0.6) is 0 Å².